The number of aliphatic imine (C=N–C) groups is 2. The van der Waals surface area contributed by atoms with Crippen LogP contribution in [-0.4, -0.2) is 21.5 Å². The van der Waals surface area contributed by atoms with Gasteiger partial charge in [-0.15, -0.1) is 0 Å². The van der Waals surface area contributed by atoms with Crippen LogP contribution in [-0.2, 0) is 0 Å². The highest BCUT2D eigenvalue weighted by Gasteiger charge is 2.06. The predicted octanol–water partition coefficient (Wildman–Crippen LogP) is 1.05. The number of halogens is 1. The van der Waals surface area contributed by atoms with E-state index in [1.165, 1.54) is 0 Å². The number of aryl methyl sites for hydroxylation is 1. The molecule has 6 N–H and O–H groups in total. The van der Waals surface area contributed by atoms with Crippen LogP contribution in [0.15, 0.2) is 40.6 Å². The second kappa shape index (κ2) is 5.62. The molecular formula is C12H14ClN7. The van der Waals surface area contributed by atoms with E-state index in [4.69, 9.17) is 28.8 Å². The van der Waals surface area contributed by atoms with Crippen molar-refractivity contribution in [3.63, 3.8) is 0 Å². The van der Waals surface area contributed by atoms with Gasteiger partial charge in [-0.2, -0.15) is 4.99 Å². The maximum absolute atomic E-state index is 6.24. The minimum Gasteiger partial charge on any atom is -0.370 e. The van der Waals surface area contributed by atoms with Crippen molar-refractivity contribution in [3.8, 4) is 5.69 Å². The number of guanidine groups is 2. The number of hydrogen-bond acceptors (Lipinski definition) is 2. The van der Waals surface area contributed by atoms with Gasteiger partial charge in [0, 0.05) is 12.4 Å². The average molecular weight is 292 g/mol. The van der Waals surface area contributed by atoms with E-state index in [9.17, 15) is 0 Å². The molecule has 20 heavy (non-hydrogen) atoms. The maximum Gasteiger partial charge on any atom is 0.223 e. The molecule has 104 valence electrons. The van der Waals surface area contributed by atoms with Crippen LogP contribution >= 0.6 is 11.6 Å². The summed E-state index contributed by atoms with van der Waals surface area (Å²) >= 11 is 6.24. The van der Waals surface area contributed by atoms with Crippen molar-refractivity contribution >= 4 is 29.2 Å². The van der Waals surface area contributed by atoms with E-state index in [1.54, 1.807) is 18.3 Å². The third-order valence-electron chi connectivity index (χ3n) is 2.50. The second-order valence-corrected chi connectivity index (χ2v) is 4.39. The van der Waals surface area contributed by atoms with Crippen molar-refractivity contribution in [3.05, 3.63) is 41.4 Å². The van der Waals surface area contributed by atoms with Gasteiger partial charge >= 0.3 is 0 Å². The smallest absolute Gasteiger partial charge is 0.223 e. The van der Waals surface area contributed by atoms with Crippen LogP contribution in [0.3, 0.4) is 0 Å². The summed E-state index contributed by atoms with van der Waals surface area (Å²) in [5.74, 6) is 0.652. The molecule has 8 heteroatoms. The van der Waals surface area contributed by atoms with E-state index in [2.05, 4.69) is 15.0 Å². The van der Waals surface area contributed by atoms with Crippen molar-refractivity contribution in [1.82, 2.24) is 9.55 Å². The van der Waals surface area contributed by atoms with Crippen molar-refractivity contribution in [2.24, 2.45) is 27.2 Å². The lowest BCUT2D eigenvalue weighted by atomic mass is 10.2. The molecule has 2 aromatic rings. The SMILES string of the molecule is Cc1nccn1-c1ccc(N=C(N)N=C(N)N)cc1Cl. The second-order valence-electron chi connectivity index (χ2n) is 3.99. The molecule has 2 rings (SSSR count). The first-order chi connectivity index (χ1) is 9.47. The molecule has 0 fully saturated rings. The van der Waals surface area contributed by atoms with E-state index in [0.29, 0.717) is 10.7 Å². The van der Waals surface area contributed by atoms with Gasteiger partial charge in [0.25, 0.3) is 0 Å². The predicted molar refractivity (Wildman–Crippen MR) is 80.4 cm³/mol. The molecule has 0 aliphatic carbocycles. The maximum atomic E-state index is 6.24. The summed E-state index contributed by atoms with van der Waals surface area (Å²) in [5, 5.41) is 0.518. The largest absolute Gasteiger partial charge is 0.370 e. The van der Waals surface area contributed by atoms with Crippen LogP contribution < -0.4 is 17.2 Å². The Labute approximate surface area is 120 Å². The fraction of sp³-hybridized carbons (Fsp3) is 0.0833. The van der Waals surface area contributed by atoms with Crippen molar-refractivity contribution in [1.29, 1.82) is 0 Å². The molecule has 0 aliphatic heterocycles. The Bertz CT molecular complexity index is 683. The quantitative estimate of drug-likeness (QED) is 0.565. The normalized spacial score (nSPS) is 11.4. The lowest BCUT2D eigenvalue weighted by molar-refractivity contribution is 0.975. The third kappa shape index (κ3) is 3.07. The van der Waals surface area contributed by atoms with Crippen molar-refractivity contribution in [2.75, 3.05) is 0 Å². The first-order valence-electron chi connectivity index (χ1n) is 5.71. The topological polar surface area (TPSA) is 121 Å². The average Bonchev–Trinajstić information content (AvgIpc) is 2.74. The number of imidazole rings is 1. The molecule has 0 unspecified atom stereocenters. The van der Waals surface area contributed by atoms with E-state index in [-0.39, 0.29) is 11.9 Å². The van der Waals surface area contributed by atoms with Crippen LogP contribution in [0, 0.1) is 6.92 Å². The molecule has 0 radical (unpaired) electrons. The summed E-state index contributed by atoms with van der Waals surface area (Å²) in [5.41, 5.74) is 17.3. The van der Waals surface area contributed by atoms with Crippen LogP contribution in [0.25, 0.3) is 5.69 Å². The molecule has 0 saturated carbocycles. The monoisotopic (exact) mass is 291 g/mol. The summed E-state index contributed by atoms with van der Waals surface area (Å²) < 4.78 is 1.87. The van der Waals surface area contributed by atoms with Gasteiger partial charge in [-0.25, -0.2) is 9.98 Å². The summed E-state index contributed by atoms with van der Waals surface area (Å²) in [6, 6.07) is 5.25. The van der Waals surface area contributed by atoms with E-state index >= 15 is 0 Å². The zero-order valence-corrected chi connectivity index (χ0v) is 11.5. The highest BCUT2D eigenvalue weighted by molar-refractivity contribution is 6.32. The van der Waals surface area contributed by atoms with Crippen LogP contribution in [0.1, 0.15) is 5.82 Å². The number of nitrogens with two attached hydrogens (primary N) is 3. The molecule has 1 aromatic heterocycles. The molecule has 0 bridgehead atoms. The Morgan fingerprint density at radius 2 is 2.05 bits per heavy atom. The van der Waals surface area contributed by atoms with Gasteiger partial charge in [-0.05, 0) is 25.1 Å². The van der Waals surface area contributed by atoms with Gasteiger partial charge < -0.3 is 21.8 Å². The Morgan fingerprint density at radius 3 is 2.60 bits per heavy atom. The molecule has 1 aromatic carbocycles. The minimum absolute atomic E-state index is 0.0346. The lowest BCUT2D eigenvalue weighted by Gasteiger charge is -2.08. The molecule has 0 saturated heterocycles. The number of nitrogens with zero attached hydrogens (tertiary/aromatic N) is 4. The van der Waals surface area contributed by atoms with Crippen LogP contribution in [0.4, 0.5) is 5.69 Å². The van der Waals surface area contributed by atoms with Gasteiger partial charge in [-0.3, -0.25) is 0 Å². The van der Waals surface area contributed by atoms with Gasteiger partial charge in [0.15, 0.2) is 5.96 Å². The third-order valence-corrected chi connectivity index (χ3v) is 2.81. The molecule has 0 aliphatic rings. The molecule has 1 heterocycles. The van der Waals surface area contributed by atoms with Gasteiger partial charge in [0.05, 0.1) is 16.4 Å². The van der Waals surface area contributed by atoms with Crippen LogP contribution in [0.5, 0.6) is 0 Å². The summed E-state index contributed by atoms with van der Waals surface area (Å²) in [7, 11) is 0. The number of rotatable bonds is 2. The van der Waals surface area contributed by atoms with E-state index in [0.717, 1.165) is 11.5 Å². The van der Waals surface area contributed by atoms with Gasteiger partial charge in [0.1, 0.15) is 5.82 Å². The van der Waals surface area contributed by atoms with E-state index in [1.807, 2.05) is 23.8 Å². The number of aromatic nitrogens is 2. The fourth-order valence-electron chi connectivity index (χ4n) is 1.68. The van der Waals surface area contributed by atoms with Crippen molar-refractivity contribution < 1.29 is 0 Å². The van der Waals surface area contributed by atoms with E-state index < -0.39 is 0 Å². The number of hydrogen-bond donors (Lipinski definition) is 3. The van der Waals surface area contributed by atoms with Crippen molar-refractivity contribution in [2.45, 2.75) is 6.92 Å². The molecular weight excluding hydrogens is 278 g/mol. The zero-order valence-electron chi connectivity index (χ0n) is 10.8. The Hall–Kier alpha value is -2.54. The fourth-order valence-corrected chi connectivity index (χ4v) is 1.95. The Balaban J connectivity index is 2.36. The highest BCUT2D eigenvalue weighted by Crippen LogP contribution is 2.26. The standard InChI is InChI=1S/C12H14ClN7/c1-7-17-4-5-20(7)10-3-2-8(6-9(10)13)18-12(16)19-11(14)15/h2-6H,1H3,(H6,14,15,16,18,19). The molecule has 0 atom stereocenters. The molecule has 7 nitrogen and oxygen atoms in total. The Morgan fingerprint density at radius 1 is 1.30 bits per heavy atom. The summed E-state index contributed by atoms with van der Waals surface area (Å²) in [6.07, 6.45) is 3.53. The molecule has 0 spiro atoms. The van der Waals surface area contributed by atoms with Gasteiger partial charge in [0.2, 0.25) is 5.96 Å². The lowest BCUT2D eigenvalue weighted by Crippen LogP contribution is -2.26. The highest BCUT2D eigenvalue weighted by atomic mass is 35.5. The minimum atomic E-state index is -0.150. The number of benzene rings is 1. The van der Waals surface area contributed by atoms with Crippen LogP contribution in [0.2, 0.25) is 5.02 Å². The summed E-state index contributed by atoms with van der Waals surface area (Å²) in [4.78, 5) is 11.8. The summed E-state index contributed by atoms with van der Waals surface area (Å²) in [6.45, 7) is 1.89. The van der Waals surface area contributed by atoms with Gasteiger partial charge in [-0.1, -0.05) is 11.6 Å². The first-order valence-corrected chi connectivity index (χ1v) is 6.09. The Kier molecular flexibility index (Phi) is 3.90. The zero-order chi connectivity index (χ0) is 14.7. The first kappa shape index (κ1) is 13.9. The molecule has 0 amide bonds.